The molecule has 0 spiro atoms. The maximum atomic E-state index is 6.43. The Morgan fingerprint density at radius 3 is 2.46 bits per heavy atom. The number of hydrogen-bond donors (Lipinski definition) is 1. The summed E-state index contributed by atoms with van der Waals surface area (Å²) >= 11 is 0. The molecular formula is C12H23N. The van der Waals surface area contributed by atoms with E-state index in [1.807, 2.05) is 0 Å². The first-order valence-corrected chi connectivity index (χ1v) is 5.99. The second kappa shape index (κ2) is 3.61. The molecule has 0 aromatic rings. The summed E-state index contributed by atoms with van der Waals surface area (Å²) in [5.41, 5.74) is 6.65. The Morgan fingerprint density at radius 2 is 2.00 bits per heavy atom. The van der Waals surface area contributed by atoms with Gasteiger partial charge in [-0.2, -0.15) is 0 Å². The Balaban J connectivity index is 1.78. The van der Waals surface area contributed by atoms with Crippen LogP contribution in [-0.4, -0.2) is 5.54 Å². The van der Waals surface area contributed by atoms with Crippen molar-refractivity contribution in [1.29, 1.82) is 0 Å². The number of nitrogens with two attached hydrogens (primary N) is 1. The summed E-state index contributed by atoms with van der Waals surface area (Å²) in [6.45, 7) is 2.34. The van der Waals surface area contributed by atoms with Crippen LogP contribution in [0.5, 0.6) is 0 Å². The monoisotopic (exact) mass is 181 g/mol. The fourth-order valence-corrected chi connectivity index (χ4v) is 2.90. The van der Waals surface area contributed by atoms with E-state index in [9.17, 15) is 0 Å². The lowest BCUT2D eigenvalue weighted by Crippen LogP contribution is -2.42. The normalized spacial score (nSPS) is 40.6. The lowest BCUT2D eigenvalue weighted by Gasteiger charge is -2.33. The summed E-state index contributed by atoms with van der Waals surface area (Å²) in [4.78, 5) is 0. The lowest BCUT2D eigenvalue weighted by atomic mass is 9.76. The average molecular weight is 181 g/mol. The molecule has 2 N–H and O–H groups in total. The molecule has 2 rings (SSSR count). The summed E-state index contributed by atoms with van der Waals surface area (Å²) in [6.07, 6.45) is 11.1. The molecule has 0 aromatic carbocycles. The van der Waals surface area contributed by atoms with Gasteiger partial charge in [0.25, 0.3) is 0 Å². The van der Waals surface area contributed by atoms with E-state index in [1.54, 1.807) is 0 Å². The maximum absolute atomic E-state index is 6.43. The van der Waals surface area contributed by atoms with Crippen LogP contribution >= 0.6 is 0 Å². The number of rotatable bonds is 3. The minimum Gasteiger partial charge on any atom is -0.325 e. The second-order valence-electron chi connectivity index (χ2n) is 5.36. The van der Waals surface area contributed by atoms with E-state index in [0.29, 0.717) is 0 Å². The summed E-state index contributed by atoms with van der Waals surface area (Å²) in [5.74, 6) is 1.81. The molecule has 2 atom stereocenters. The van der Waals surface area contributed by atoms with E-state index >= 15 is 0 Å². The molecule has 2 saturated carbocycles. The first-order chi connectivity index (χ1) is 6.21. The van der Waals surface area contributed by atoms with Crippen LogP contribution in [0.2, 0.25) is 0 Å². The Bertz CT molecular complexity index is 174. The highest BCUT2D eigenvalue weighted by Crippen LogP contribution is 2.40. The van der Waals surface area contributed by atoms with Gasteiger partial charge in [-0.25, -0.2) is 0 Å². The van der Waals surface area contributed by atoms with Gasteiger partial charge in [-0.15, -0.1) is 0 Å². The largest absolute Gasteiger partial charge is 0.325 e. The van der Waals surface area contributed by atoms with Crippen LogP contribution in [0.4, 0.5) is 0 Å². The van der Waals surface area contributed by atoms with Gasteiger partial charge in [-0.3, -0.25) is 0 Å². The molecule has 0 amide bonds. The third-order valence-electron chi connectivity index (χ3n) is 4.50. The van der Waals surface area contributed by atoms with E-state index < -0.39 is 0 Å². The minimum atomic E-state index is 0.218. The van der Waals surface area contributed by atoms with Crippen molar-refractivity contribution >= 4 is 0 Å². The molecule has 2 aliphatic carbocycles. The molecule has 0 heterocycles. The molecule has 1 nitrogen and oxygen atoms in total. The molecule has 1 heteroatoms. The van der Waals surface area contributed by atoms with Crippen molar-refractivity contribution in [3.05, 3.63) is 0 Å². The third kappa shape index (κ3) is 1.90. The van der Waals surface area contributed by atoms with Crippen LogP contribution < -0.4 is 5.73 Å². The maximum Gasteiger partial charge on any atom is 0.0180 e. The van der Waals surface area contributed by atoms with Crippen molar-refractivity contribution in [3.63, 3.8) is 0 Å². The van der Waals surface area contributed by atoms with Gasteiger partial charge in [0.05, 0.1) is 0 Å². The van der Waals surface area contributed by atoms with Crippen molar-refractivity contribution in [2.24, 2.45) is 17.6 Å². The van der Waals surface area contributed by atoms with Crippen molar-refractivity contribution in [3.8, 4) is 0 Å². The van der Waals surface area contributed by atoms with Crippen LogP contribution in [0, 0.1) is 11.8 Å². The van der Waals surface area contributed by atoms with Gasteiger partial charge in [-0.05, 0) is 37.5 Å². The average Bonchev–Trinajstić information content (AvgIpc) is 2.30. The molecule has 13 heavy (non-hydrogen) atoms. The van der Waals surface area contributed by atoms with Crippen LogP contribution in [0.25, 0.3) is 0 Å². The SMILES string of the molecule is CC1CCCC1(N)CCC1CCC1. The number of hydrogen-bond acceptors (Lipinski definition) is 1. The molecule has 0 saturated heterocycles. The van der Waals surface area contributed by atoms with Gasteiger partial charge in [0.1, 0.15) is 0 Å². The summed E-state index contributed by atoms with van der Waals surface area (Å²) in [6, 6.07) is 0. The summed E-state index contributed by atoms with van der Waals surface area (Å²) in [7, 11) is 0. The Labute approximate surface area is 82.1 Å². The summed E-state index contributed by atoms with van der Waals surface area (Å²) < 4.78 is 0. The molecule has 2 unspecified atom stereocenters. The molecule has 0 bridgehead atoms. The van der Waals surface area contributed by atoms with Gasteiger partial charge in [0, 0.05) is 5.54 Å². The third-order valence-corrected chi connectivity index (χ3v) is 4.50. The van der Waals surface area contributed by atoms with Crippen LogP contribution in [0.15, 0.2) is 0 Å². The molecule has 2 aliphatic rings. The fraction of sp³-hybridized carbons (Fsp3) is 1.00. The van der Waals surface area contributed by atoms with E-state index in [0.717, 1.165) is 11.8 Å². The van der Waals surface area contributed by atoms with Crippen molar-refractivity contribution < 1.29 is 0 Å². The molecule has 0 radical (unpaired) electrons. The zero-order valence-electron chi connectivity index (χ0n) is 8.89. The molecular weight excluding hydrogens is 158 g/mol. The zero-order chi connectivity index (χ0) is 9.31. The van der Waals surface area contributed by atoms with Crippen LogP contribution in [-0.2, 0) is 0 Å². The zero-order valence-corrected chi connectivity index (χ0v) is 8.89. The van der Waals surface area contributed by atoms with Crippen LogP contribution in [0.1, 0.15) is 58.3 Å². The van der Waals surface area contributed by atoms with Gasteiger partial charge in [-0.1, -0.05) is 32.6 Å². The van der Waals surface area contributed by atoms with Crippen molar-refractivity contribution in [2.75, 3.05) is 0 Å². The second-order valence-corrected chi connectivity index (χ2v) is 5.36. The van der Waals surface area contributed by atoms with E-state index in [2.05, 4.69) is 6.92 Å². The fourth-order valence-electron chi connectivity index (χ4n) is 2.90. The highest BCUT2D eigenvalue weighted by Gasteiger charge is 2.36. The Morgan fingerprint density at radius 1 is 1.23 bits per heavy atom. The lowest BCUT2D eigenvalue weighted by molar-refractivity contribution is 0.231. The predicted octanol–water partition coefficient (Wildman–Crippen LogP) is 3.08. The quantitative estimate of drug-likeness (QED) is 0.711. The first-order valence-electron chi connectivity index (χ1n) is 5.99. The predicted molar refractivity (Wildman–Crippen MR) is 56.5 cm³/mol. The molecule has 76 valence electrons. The van der Waals surface area contributed by atoms with E-state index in [1.165, 1.54) is 51.4 Å². The minimum absolute atomic E-state index is 0.218. The van der Waals surface area contributed by atoms with Crippen molar-refractivity contribution in [1.82, 2.24) is 0 Å². The van der Waals surface area contributed by atoms with Crippen molar-refractivity contribution in [2.45, 2.75) is 63.8 Å². The van der Waals surface area contributed by atoms with E-state index in [4.69, 9.17) is 5.73 Å². The van der Waals surface area contributed by atoms with Gasteiger partial charge in [0.2, 0.25) is 0 Å². The van der Waals surface area contributed by atoms with E-state index in [-0.39, 0.29) is 5.54 Å². The Hall–Kier alpha value is -0.0400. The highest BCUT2D eigenvalue weighted by atomic mass is 14.8. The van der Waals surface area contributed by atoms with Gasteiger partial charge >= 0.3 is 0 Å². The van der Waals surface area contributed by atoms with Crippen LogP contribution in [0.3, 0.4) is 0 Å². The molecule has 0 aromatic heterocycles. The smallest absolute Gasteiger partial charge is 0.0180 e. The van der Waals surface area contributed by atoms with Gasteiger partial charge < -0.3 is 5.73 Å². The highest BCUT2D eigenvalue weighted by molar-refractivity contribution is 4.95. The van der Waals surface area contributed by atoms with Gasteiger partial charge in [0.15, 0.2) is 0 Å². The molecule has 2 fully saturated rings. The standard InChI is InChI=1S/C12H23N/c1-10-4-3-8-12(10,13)9-7-11-5-2-6-11/h10-11H,2-9,13H2,1H3. The summed E-state index contributed by atoms with van der Waals surface area (Å²) in [5, 5.41) is 0. The first kappa shape index (κ1) is 9.51. The topological polar surface area (TPSA) is 26.0 Å². The Kier molecular flexibility index (Phi) is 2.64. The molecule has 0 aliphatic heterocycles.